The van der Waals surface area contributed by atoms with Crippen LogP contribution in [0.2, 0.25) is 0 Å². The van der Waals surface area contributed by atoms with E-state index in [0.29, 0.717) is 0 Å². The zero-order valence-corrected chi connectivity index (χ0v) is 21.3. The summed E-state index contributed by atoms with van der Waals surface area (Å²) in [5, 5.41) is 20.5. The molecule has 0 radical (unpaired) electrons. The molecule has 0 fully saturated rings. The van der Waals surface area contributed by atoms with E-state index < -0.39 is 46.2 Å². The van der Waals surface area contributed by atoms with Crippen molar-refractivity contribution in [2.75, 3.05) is 0 Å². The highest BCUT2D eigenvalue weighted by atomic mass is 16.5. The van der Waals surface area contributed by atoms with Gasteiger partial charge in [-0.2, -0.15) is 0 Å². The number of phenols is 2. The van der Waals surface area contributed by atoms with Crippen molar-refractivity contribution >= 4 is 67.0 Å². The number of fused-ring (bicyclic) bond motifs is 2. The van der Waals surface area contributed by atoms with E-state index in [1.54, 1.807) is 0 Å². The van der Waals surface area contributed by atoms with Gasteiger partial charge in [0.2, 0.25) is 0 Å². The quantitative estimate of drug-likeness (QED) is 0.146. The smallest absolute Gasteiger partial charge is 0.308 e. The first kappa shape index (κ1) is 26.1. The first-order chi connectivity index (χ1) is 18.8. The average Bonchev–Trinajstić information content (AvgIpc) is 2.79. The molecular formula is C28H18O12. The number of phenolic OH excluding ortho intramolecular Hbond substituents is 2. The van der Waals surface area contributed by atoms with Crippen molar-refractivity contribution in [2.24, 2.45) is 0 Å². The van der Waals surface area contributed by atoms with E-state index in [0.717, 1.165) is 52.0 Å². The van der Waals surface area contributed by atoms with Crippen LogP contribution in [-0.2, 0) is 19.2 Å². The van der Waals surface area contributed by atoms with Gasteiger partial charge in [0, 0.05) is 84.3 Å². The Hall–Kier alpha value is -5.52. The number of ether oxygens (including phenoxy) is 4. The standard InChI is InChI=1S/C28H18O12/c1-9(29)37-17-5-13(33)21-14(34)7-19(39-11(3)31)25-26-20(40-12(4)32)8-16(36)22-15(35)6-18(38-10(2)30)24(28(22)26)23(17)27(21)25/h5-8,33,36H,1-4H3. The molecule has 0 aliphatic carbocycles. The summed E-state index contributed by atoms with van der Waals surface area (Å²) >= 11 is 0. The molecule has 5 rings (SSSR count). The normalized spacial score (nSPS) is 11.3. The molecule has 12 heteroatoms. The first-order valence-electron chi connectivity index (χ1n) is 11.6. The fourth-order valence-corrected chi connectivity index (χ4v) is 5.00. The summed E-state index contributed by atoms with van der Waals surface area (Å²) in [7, 11) is 0. The number of hydrogen-bond acceptors (Lipinski definition) is 12. The summed E-state index contributed by atoms with van der Waals surface area (Å²) in [6.07, 6.45) is 0. The monoisotopic (exact) mass is 546 g/mol. The van der Waals surface area contributed by atoms with Crippen molar-refractivity contribution in [3.63, 3.8) is 0 Å². The molecule has 0 bridgehead atoms. The zero-order chi connectivity index (χ0) is 29.2. The number of carbonyl (C=O) groups is 4. The Bertz CT molecular complexity index is 1910. The number of rotatable bonds is 4. The van der Waals surface area contributed by atoms with Gasteiger partial charge in [-0.15, -0.1) is 0 Å². The van der Waals surface area contributed by atoms with Gasteiger partial charge in [-0.05, 0) is 0 Å². The molecule has 12 nitrogen and oxygen atoms in total. The van der Waals surface area contributed by atoms with Gasteiger partial charge in [0.1, 0.15) is 34.5 Å². The molecule has 2 N–H and O–H groups in total. The van der Waals surface area contributed by atoms with Crippen LogP contribution in [0.4, 0.5) is 0 Å². The Morgan fingerprint density at radius 2 is 0.700 bits per heavy atom. The zero-order valence-electron chi connectivity index (χ0n) is 21.3. The summed E-state index contributed by atoms with van der Waals surface area (Å²) in [5.74, 6) is -5.88. The van der Waals surface area contributed by atoms with Gasteiger partial charge in [0.25, 0.3) is 0 Å². The van der Waals surface area contributed by atoms with E-state index in [-0.39, 0.29) is 66.1 Å². The molecule has 0 aliphatic heterocycles. The molecule has 0 amide bonds. The van der Waals surface area contributed by atoms with Crippen molar-refractivity contribution in [3.8, 4) is 34.5 Å². The summed E-state index contributed by atoms with van der Waals surface area (Å²) in [5.41, 5.74) is -1.60. The summed E-state index contributed by atoms with van der Waals surface area (Å²) < 4.78 is 21.4. The van der Waals surface area contributed by atoms with E-state index in [2.05, 4.69) is 0 Å². The van der Waals surface area contributed by atoms with Crippen molar-refractivity contribution in [3.05, 3.63) is 44.7 Å². The average molecular weight is 546 g/mol. The summed E-state index contributed by atoms with van der Waals surface area (Å²) in [4.78, 5) is 74.8. The highest BCUT2D eigenvalue weighted by Crippen LogP contribution is 2.53. The van der Waals surface area contributed by atoms with E-state index >= 15 is 0 Å². The molecule has 40 heavy (non-hydrogen) atoms. The van der Waals surface area contributed by atoms with Crippen molar-refractivity contribution in [1.82, 2.24) is 0 Å². The third-order valence-corrected chi connectivity index (χ3v) is 6.07. The lowest BCUT2D eigenvalue weighted by molar-refractivity contribution is -0.132. The largest absolute Gasteiger partial charge is 0.507 e. The molecule has 0 saturated carbocycles. The molecular weight excluding hydrogens is 528 g/mol. The number of carbonyl (C=O) groups excluding carboxylic acids is 4. The van der Waals surface area contributed by atoms with Crippen LogP contribution in [0.1, 0.15) is 27.7 Å². The Kier molecular flexibility index (Phi) is 5.90. The predicted octanol–water partition coefficient (Wildman–Crippen LogP) is 3.01. The third kappa shape index (κ3) is 3.93. The highest BCUT2D eigenvalue weighted by molar-refractivity contribution is 6.39. The Labute approximate surface area is 222 Å². The second kappa shape index (κ2) is 9.05. The fourth-order valence-electron chi connectivity index (χ4n) is 5.00. The number of hydrogen-bond donors (Lipinski definition) is 2. The van der Waals surface area contributed by atoms with Crippen LogP contribution in [0, 0.1) is 0 Å². The lowest BCUT2D eigenvalue weighted by Gasteiger charge is -2.21. The molecule has 0 saturated heterocycles. The second-order valence-corrected chi connectivity index (χ2v) is 8.91. The minimum absolute atomic E-state index is 0.0998. The Balaban J connectivity index is 2.30. The number of aromatic hydroxyl groups is 2. The number of esters is 4. The predicted molar refractivity (Wildman–Crippen MR) is 140 cm³/mol. The van der Waals surface area contributed by atoms with Crippen LogP contribution in [0.5, 0.6) is 34.5 Å². The van der Waals surface area contributed by atoms with Crippen molar-refractivity contribution < 1.29 is 48.3 Å². The van der Waals surface area contributed by atoms with Gasteiger partial charge in [-0.25, -0.2) is 0 Å². The lowest BCUT2D eigenvalue weighted by atomic mass is 9.87. The molecule has 202 valence electrons. The minimum atomic E-state index is -0.843. The Morgan fingerprint density at radius 3 is 0.950 bits per heavy atom. The van der Waals surface area contributed by atoms with Crippen LogP contribution < -0.4 is 29.8 Å². The Morgan fingerprint density at radius 1 is 0.450 bits per heavy atom. The lowest BCUT2D eigenvalue weighted by Crippen LogP contribution is -2.12. The second-order valence-electron chi connectivity index (χ2n) is 8.91. The maximum atomic E-state index is 13.2. The highest BCUT2D eigenvalue weighted by Gasteiger charge is 2.30. The molecule has 0 spiro atoms. The summed E-state index contributed by atoms with van der Waals surface area (Å²) in [6.45, 7) is 4.29. The molecule has 0 heterocycles. The molecule has 0 unspecified atom stereocenters. The molecule has 0 aromatic heterocycles. The summed E-state index contributed by atoms with van der Waals surface area (Å²) in [6, 6.07) is 3.82. The van der Waals surface area contributed by atoms with E-state index in [4.69, 9.17) is 18.9 Å². The first-order valence-corrected chi connectivity index (χ1v) is 11.6. The number of benzene rings is 5. The molecule has 0 aliphatic rings. The van der Waals surface area contributed by atoms with Gasteiger partial charge in [-0.3, -0.25) is 28.8 Å². The molecule has 5 aromatic carbocycles. The maximum Gasteiger partial charge on any atom is 0.308 e. The molecule has 0 atom stereocenters. The van der Waals surface area contributed by atoms with Gasteiger partial charge in [-0.1, -0.05) is 0 Å². The van der Waals surface area contributed by atoms with E-state index in [9.17, 15) is 39.0 Å². The topological polar surface area (TPSA) is 180 Å². The minimum Gasteiger partial charge on any atom is -0.507 e. The van der Waals surface area contributed by atoms with E-state index in [1.807, 2.05) is 0 Å². The molecule has 5 aromatic rings. The fraction of sp³-hybridized carbons (Fsp3) is 0.143. The van der Waals surface area contributed by atoms with Crippen LogP contribution >= 0.6 is 0 Å². The van der Waals surface area contributed by atoms with Crippen LogP contribution in [0.3, 0.4) is 0 Å². The van der Waals surface area contributed by atoms with Gasteiger partial charge in [0.05, 0.1) is 10.8 Å². The van der Waals surface area contributed by atoms with Crippen LogP contribution in [0.25, 0.3) is 43.1 Å². The van der Waals surface area contributed by atoms with Gasteiger partial charge in [0.15, 0.2) is 10.9 Å². The SMILES string of the molecule is CC(=O)Oc1cc(O)c2c(=O)cc(OC(C)=O)c3c4c(OC(C)=O)cc(O)c5c(=O)cc(OC(C)=O)c(c1c23)c54. The van der Waals surface area contributed by atoms with E-state index in [1.165, 1.54) is 0 Å². The van der Waals surface area contributed by atoms with Crippen LogP contribution in [-0.4, -0.2) is 34.1 Å². The van der Waals surface area contributed by atoms with Gasteiger partial charge >= 0.3 is 23.9 Å². The maximum absolute atomic E-state index is 13.2. The third-order valence-electron chi connectivity index (χ3n) is 6.07. The van der Waals surface area contributed by atoms with Crippen molar-refractivity contribution in [1.29, 1.82) is 0 Å². The van der Waals surface area contributed by atoms with Crippen LogP contribution in [0.15, 0.2) is 33.9 Å². The van der Waals surface area contributed by atoms with Gasteiger partial charge < -0.3 is 29.2 Å². The van der Waals surface area contributed by atoms with Crippen molar-refractivity contribution in [2.45, 2.75) is 27.7 Å².